The molecule has 1 aliphatic carbocycles. The van der Waals surface area contributed by atoms with E-state index in [4.69, 9.17) is 12.2 Å². The maximum Gasteiger partial charge on any atom is 0.181 e. The van der Waals surface area contributed by atoms with Gasteiger partial charge < -0.3 is 14.2 Å². The molecule has 1 saturated carbocycles. The molecule has 0 atom stereocenters. The van der Waals surface area contributed by atoms with Crippen molar-refractivity contribution in [2.75, 3.05) is 13.1 Å². The highest BCUT2D eigenvalue weighted by molar-refractivity contribution is 7.71. The van der Waals surface area contributed by atoms with E-state index in [-0.39, 0.29) is 6.10 Å². The van der Waals surface area contributed by atoms with Gasteiger partial charge in [-0.25, -0.2) is 0 Å². The number of nitrogens with zero attached hydrogens (tertiary/aromatic N) is 3. The minimum absolute atomic E-state index is 0.111. The second kappa shape index (κ2) is 6.23. The van der Waals surface area contributed by atoms with E-state index < -0.39 is 0 Å². The number of rotatable bonds is 3. The van der Waals surface area contributed by atoms with Crippen LogP contribution in [0.15, 0.2) is 0 Å². The summed E-state index contributed by atoms with van der Waals surface area (Å²) in [6.45, 7) is 7.21. The van der Waals surface area contributed by atoms with Gasteiger partial charge in [-0.05, 0) is 51.7 Å². The SMILES string of the molecule is Cc1c(C)n(C2CCCC2)c(=S)n1CN1CCC(O)CC1. The van der Waals surface area contributed by atoms with Gasteiger partial charge in [0.2, 0.25) is 0 Å². The van der Waals surface area contributed by atoms with E-state index in [1.807, 2.05) is 0 Å². The van der Waals surface area contributed by atoms with E-state index in [2.05, 4.69) is 27.9 Å². The molecule has 118 valence electrons. The minimum Gasteiger partial charge on any atom is -0.393 e. The molecule has 1 aromatic rings. The van der Waals surface area contributed by atoms with E-state index >= 15 is 0 Å². The Morgan fingerprint density at radius 3 is 2.29 bits per heavy atom. The number of likely N-dealkylation sites (tertiary alicyclic amines) is 1. The second-order valence-corrected chi connectivity index (χ2v) is 7.05. The zero-order valence-corrected chi connectivity index (χ0v) is 14.0. The molecule has 2 heterocycles. The van der Waals surface area contributed by atoms with Crippen LogP contribution in [0.5, 0.6) is 0 Å². The Bertz CT molecular complexity index is 549. The monoisotopic (exact) mass is 309 g/mol. The third kappa shape index (κ3) is 2.96. The summed E-state index contributed by atoms with van der Waals surface area (Å²) >= 11 is 5.78. The van der Waals surface area contributed by atoms with Crippen LogP contribution in [0.4, 0.5) is 0 Å². The van der Waals surface area contributed by atoms with Crippen molar-refractivity contribution in [2.45, 2.75) is 71.2 Å². The van der Waals surface area contributed by atoms with Gasteiger partial charge in [0, 0.05) is 30.5 Å². The number of piperidine rings is 1. The minimum atomic E-state index is -0.111. The predicted octanol–water partition coefficient (Wildman–Crippen LogP) is 3.17. The Morgan fingerprint density at radius 2 is 1.67 bits per heavy atom. The lowest BCUT2D eigenvalue weighted by Crippen LogP contribution is -2.37. The Balaban J connectivity index is 1.82. The molecule has 2 fully saturated rings. The van der Waals surface area contributed by atoms with Crippen molar-refractivity contribution in [1.29, 1.82) is 0 Å². The van der Waals surface area contributed by atoms with Crippen LogP contribution in [0.1, 0.15) is 56.0 Å². The average Bonchev–Trinajstić information content (AvgIpc) is 3.05. The van der Waals surface area contributed by atoms with Gasteiger partial charge in [-0.15, -0.1) is 0 Å². The molecule has 0 aromatic carbocycles. The van der Waals surface area contributed by atoms with Crippen LogP contribution in [0.3, 0.4) is 0 Å². The summed E-state index contributed by atoms with van der Waals surface area (Å²) in [5, 5.41) is 9.64. The van der Waals surface area contributed by atoms with Gasteiger partial charge in [-0.2, -0.15) is 0 Å². The molecule has 3 rings (SSSR count). The molecule has 0 amide bonds. The summed E-state index contributed by atoms with van der Waals surface area (Å²) in [4.78, 5) is 2.41. The third-order valence-corrected chi connectivity index (χ3v) is 5.73. The lowest BCUT2D eigenvalue weighted by molar-refractivity contribution is 0.0672. The lowest BCUT2D eigenvalue weighted by Gasteiger charge is -2.30. The van der Waals surface area contributed by atoms with E-state index in [1.54, 1.807) is 0 Å². The Morgan fingerprint density at radius 1 is 1.05 bits per heavy atom. The fourth-order valence-electron chi connectivity index (χ4n) is 3.81. The molecule has 0 unspecified atom stereocenters. The van der Waals surface area contributed by atoms with Crippen molar-refractivity contribution in [1.82, 2.24) is 14.0 Å². The summed E-state index contributed by atoms with van der Waals surface area (Å²) in [5.41, 5.74) is 2.64. The van der Waals surface area contributed by atoms with Crippen LogP contribution in [0, 0.1) is 18.6 Å². The summed E-state index contributed by atoms with van der Waals surface area (Å²) in [7, 11) is 0. The zero-order valence-electron chi connectivity index (χ0n) is 13.2. The molecule has 21 heavy (non-hydrogen) atoms. The highest BCUT2D eigenvalue weighted by atomic mass is 32.1. The smallest absolute Gasteiger partial charge is 0.181 e. The van der Waals surface area contributed by atoms with Crippen LogP contribution in [-0.4, -0.2) is 38.3 Å². The summed E-state index contributed by atoms with van der Waals surface area (Å²) in [6, 6.07) is 0.612. The maximum absolute atomic E-state index is 9.64. The van der Waals surface area contributed by atoms with E-state index in [0.717, 1.165) is 37.4 Å². The average molecular weight is 309 g/mol. The van der Waals surface area contributed by atoms with Crippen LogP contribution in [0.2, 0.25) is 0 Å². The highest BCUT2D eigenvalue weighted by Crippen LogP contribution is 2.32. The van der Waals surface area contributed by atoms with E-state index in [9.17, 15) is 5.11 Å². The Hall–Kier alpha value is -0.650. The van der Waals surface area contributed by atoms with Crippen molar-refractivity contribution in [3.8, 4) is 0 Å². The standard InChI is InChI=1S/C16H27N3OS/c1-12-13(2)19(14-5-3-4-6-14)16(21)18(12)11-17-9-7-15(20)8-10-17/h14-15,20H,3-11H2,1-2H3. The molecule has 5 heteroatoms. The van der Waals surface area contributed by atoms with Crippen molar-refractivity contribution < 1.29 is 5.11 Å². The molecule has 1 N–H and O–H groups in total. The summed E-state index contributed by atoms with van der Waals surface area (Å²) < 4.78 is 5.68. The van der Waals surface area contributed by atoms with Crippen molar-refractivity contribution in [3.63, 3.8) is 0 Å². The molecular weight excluding hydrogens is 282 g/mol. The number of aliphatic hydroxyl groups excluding tert-OH is 1. The molecular formula is C16H27N3OS. The highest BCUT2D eigenvalue weighted by Gasteiger charge is 2.24. The normalized spacial score (nSPS) is 22.2. The maximum atomic E-state index is 9.64. The molecule has 0 spiro atoms. The summed E-state index contributed by atoms with van der Waals surface area (Å²) in [6.07, 6.45) is 6.87. The van der Waals surface area contributed by atoms with Gasteiger partial charge in [0.1, 0.15) is 0 Å². The van der Waals surface area contributed by atoms with Crippen LogP contribution < -0.4 is 0 Å². The first kappa shape index (κ1) is 15.3. The number of aliphatic hydroxyl groups is 1. The first-order chi connectivity index (χ1) is 10.1. The largest absolute Gasteiger partial charge is 0.393 e. The fraction of sp³-hybridized carbons (Fsp3) is 0.812. The predicted molar refractivity (Wildman–Crippen MR) is 87.0 cm³/mol. The van der Waals surface area contributed by atoms with Gasteiger partial charge in [-0.1, -0.05) is 12.8 Å². The molecule has 1 aromatic heterocycles. The number of hydrogen-bond acceptors (Lipinski definition) is 3. The van der Waals surface area contributed by atoms with Crippen molar-refractivity contribution >= 4 is 12.2 Å². The van der Waals surface area contributed by atoms with Crippen LogP contribution in [-0.2, 0) is 6.67 Å². The van der Waals surface area contributed by atoms with Gasteiger partial charge in [0.15, 0.2) is 4.77 Å². The first-order valence-corrected chi connectivity index (χ1v) is 8.67. The molecule has 1 saturated heterocycles. The molecule has 0 radical (unpaired) electrons. The van der Waals surface area contributed by atoms with E-state index in [1.165, 1.54) is 37.1 Å². The van der Waals surface area contributed by atoms with Gasteiger partial charge in [0.05, 0.1) is 12.8 Å². The van der Waals surface area contributed by atoms with Gasteiger partial charge >= 0.3 is 0 Å². The third-order valence-electron chi connectivity index (χ3n) is 5.32. The first-order valence-electron chi connectivity index (χ1n) is 8.26. The van der Waals surface area contributed by atoms with Gasteiger partial charge in [-0.3, -0.25) is 4.90 Å². The number of imidazole rings is 1. The number of aromatic nitrogens is 2. The van der Waals surface area contributed by atoms with Crippen molar-refractivity contribution in [3.05, 3.63) is 16.2 Å². The van der Waals surface area contributed by atoms with Crippen molar-refractivity contribution in [2.24, 2.45) is 0 Å². The van der Waals surface area contributed by atoms with Crippen LogP contribution >= 0.6 is 12.2 Å². The van der Waals surface area contributed by atoms with Crippen LogP contribution in [0.25, 0.3) is 0 Å². The molecule has 0 bridgehead atoms. The summed E-state index contributed by atoms with van der Waals surface area (Å²) in [5.74, 6) is 0. The fourth-order valence-corrected chi connectivity index (χ4v) is 4.29. The quantitative estimate of drug-likeness (QED) is 0.871. The Kier molecular flexibility index (Phi) is 4.52. The second-order valence-electron chi connectivity index (χ2n) is 6.68. The number of hydrogen-bond donors (Lipinski definition) is 1. The van der Waals surface area contributed by atoms with Gasteiger partial charge in [0.25, 0.3) is 0 Å². The molecule has 1 aliphatic heterocycles. The van der Waals surface area contributed by atoms with E-state index in [0.29, 0.717) is 6.04 Å². The lowest BCUT2D eigenvalue weighted by atomic mass is 10.1. The topological polar surface area (TPSA) is 33.3 Å². The Labute approximate surface area is 132 Å². The molecule has 2 aliphatic rings. The zero-order chi connectivity index (χ0) is 15.0. The molecule has 4 nitrogen and oxygen atoms in total.